The SMILES string of the molecule is COc1ccc(C(=O)NC(=S)NNC(=O)c2ccc(C)c(Br)c2)cc1. The molecule has 0 aromatic heterocycles. The van der Waals surface area contributed by atoms with Gasteiger partial charge in [0, 0.05) is 15.6 Å². The predicted octanol–water partition coefficient (Wildman–Crippen LogP) is 2.72. The van der Waals surface area contributed by atoms with Crippen molar-refractivity contribution in [1.82, 2.24) is 16.2 Å². The molecule has 0 atom stereocenters. The van der Waals surface area contributed by atoms with Gasteiger partial charge in [-0.2, -0.15) is 0 Å². The minimum absolute atomic E-state index is 0.0136. The van der Waals surface area contributed by atoms with Crippen molar-refractivity contribution in [2.45, 2.75) is 6.92 Å². The highest BCUT2D eigenvalue weighted by Crippen LogP contribution is 2.17. The maximum atomic E-state index is 12.1. The molecule has 0 fully saturated rings. The van der Waals surface area contributed by atoms with Crippen molar-refractivity contribution < 1.29 is 14.3 Å². The van der Waals surface area contributed by atoms with Crippen LogP contribution in [0.25, 0.3) is 0 Å². The average molecular weight is 422 g/mol. The quantitative estimate of drug-likeness (QED) is 0.524. The molecule has 0 aliphatic rings. The van der Waals surface area contributed by atoms with E-state index in [2.05, 4.69) is 32.1 Å². The third kappa shape index (κ3) is 5.27. The van der Waals surface area contributed by atoms with E-state index in [0.717, 1.165) is 10.0 Å². The molecule has 0 bridgehead atoms. The lowest BCUT2D eigenvalue weighted by atomic mass is 10.1. The lowest BCUT2D eigenvalue weighted by molar-refractivity contribution is 0.0934. The van der Waals surface area contributed by atoms with E-state index in [9.17, 15) is 9.59 Å². The molecule has 2 rings (SSSR count). The van der Waals surface area contributed by atoms with E-state index in [4.69, 9.17) is 17.0 Å². The van der Waals surface area contributed by atoms with Gasteiger partial charge < -0.3 is 4.74 Å². The summed E-state index contributed by atoms with van der Waals surface area (Å²) in [4.78, 5) is 24.1. The highest BCUT2D eigenvalue weighted by Gasteiger charge is 2.10. The first-order chi connectivity index (χ1) is 11.9. The number of amides is 2. The van der Waals surface area contributed by atoms with Crippen molar-refractivity contribution in [3.8, 4) is 5.75 Å². The Morgan fingerprint density at radius 1 is 1.00 bits per heavy atom. The van der Waals surface area contributed by atoms with Gasteiger partial charge >= 0.3 is 0 Å². The molecule has 0 heterocycles. The van der Waals surface area contributed by atoms with Gasteiger partial charge in [-0.05, 0) is 61.1 Å². The van der Waals surface area contributed by atoms with Crippen LogP contribution in [0, 0.1) is 6.92 Å². The number of hydrogen-bond acceptors (Lipinski definition) is 4. The topological polar surface area (TPSA) is 79.5 Å². The lowest BCUT2D eigenvalue weighted by Gasteiger charge is -2.11. The van der Waals surface area contributed by atoms with Gasteiger partial charge in [0.2, 0.25) is 0 Å². The Labute approximate surface area is 159 Å². The Morgan fingerprint density at radius 3 is 2.24 bits per heavy atom. The van der Waals surface area contributed by atoms with E-state index >= 15 is 0 Å². The fourth-order valence-corrected chi connectivity index (χ4v) is 2.39. The minimum Gasteiger partial charge on any atom is -0.497 e. The Hall–Kier alpha value is -2.45. The second-order valence-electron chi connectivity index (χ2n) is 5.05. The van der Waals surface area contributed by atoms with Crippen molar-refractivity contribution >= 4 is 45.1 Å². The summed E-state index contributed by atoms with van der Waals surface area (Å²) in [7, 11) is 1.55. The largest absolute Gasteiger partial charge is 0.497 e. The van der Waals surface area contributed by atoms with Gasteiger partial charge in [0.05, 0.1) is 7.11 Å². The zero-order valence-electron chi connectivity index (χ0n) is 13.6. The number of hydrazine groups is 1. The van der Waals surface area contributed by atoms with E-state index in [1.165, 1.54) is 0 Å². The highest BCUT2D eigenvalue weighted by atomic mass is 79.9. The van der Waals surface area contributed by atoms with E-state index in [1.54, 1.807) is 43.5 Å². The average Bonchev–Trinajstić information content (AvgIpc) is 2.62. The molecule has 25 heavy (non-hydrogen) atoms. The normalized spacial score (nSPS) is 9.88. The molecule has 2 aromatic rings. The lowest BCUT2D eigenvalue weighted by Crippen LogP contribution is -2.48. The number of halogens is 1. The molecule has 8 heteroatoms. The summed E-state index contributed by atoms with van der Waals surface area (Å²) in [5.74, 6) is -0.122. The van der Waals surface area contributed by atoms with Crippen LogP contribution in [0.4, 0.5) is 0 Å². The van der Waals surface area contributed by atoms with Gasteiger partial charge in [0.15, 0.2) is 5.11 Å². The molecule has 130 valence electrons. The summed E-state index contributed by atoms with van der Waals surface area (Å²) >= 11 is 8.37. The van der Waals surface area contributed by atoms with Crippen LogP contribution >= 0.6 is 28.1 Å². The fourth-order valence-electron chi connectivity index (χ4n) is 1.87. The molecular weight excluding hydrogens is 406 g/mol. The summed E-state index contributed by atoms with van der Waals surface area (Å²) in [6.45, 7) is 1.92. The van der Waals surface area contributed by atoms with Gasteiger partial charge in [0.25, 0.3) is 11.8 Å². The predicted molar refractivity (Wildman–Crippen MR) is 103 cm³/mol. The third-order valence-electron chi connectivity index (χ3n) is 3.30. The Bertz CT molecular complexity index is 809. The first-order valence-electron chi connectivity index (χ1n) is 7.22. The van der Waals surface area contributed by atoms with E-state index < -0.39 is 5.91 Å². The van der Waals surface area contributed by atoms with Crippen LogP contribution in [-0.2, 0) is 0 Å². The minimum atomic E-state index is -0.396. The van der Waals surface area contributed by atoms with Crippen molar-refractivity contribution in [3.05, 3.63) is 63.6 Å². The van der Waals surface area contributed by atoms with Crippen LogP contribution in [0.1, 0.15) is 26.3 Å². The Balaban J connectivity index is 1.87. The molecule has 0 saturated heterocycles. The van der Waals surface area contributed by atoms with Crippen LogP contribution < -0.4 is 20.9 Å². The Kier molecular flexibility index (Phi) is 6.49. The molecule has 0 aliphatic heterocycles. The molecule has 2 aromatic carbocycles. The monoisotopic (exact) mass is 421 g/mol. The number of carbonyl (C=O) groups excluding carboxylic acids is 2. The van der Waals surface area contributed by atoms with Gasteiger partial charge in [-0.25, -0.2) is 0 Å². The number of thiocarbonyl (C=S) groups is 1. The van der Waals surface area contributed by atoms with Crippen LogP contribution in [0.2, 0.25) is 0 Å². The zero-order chi connectivity index (χ0) is 18.4. The van der Waals surface area contributed by atoms with Crippen molar-refractivity contribution in [2.24, 2.45) is 0 Å². The number of benzene rings is 2. The standard InChI is InChI=1S/C17H16BrN3O3S/c1-10-3-4-12(9-14(10)18)16(23)20-21-17(25)19-15(22)11-5-7-13(24-2)8-6-11/h3-9H,1-2H3,(H,20,23)(H2,19,21,22,25). The number of nitrogens with one attached hydrogen (secondary N) is 3. The third-order valence-corrected chi connectivity index (χ3v) is 4.36. The molecule has 3 N–H and O–H groups in total. The molecule has 0 saturated carbocycles. The molecular formula is C17H16BrN3O3S. The summed E-state index contributed by atoms with van der Waals surface area (Å²) in [5, 5.41) is 2.46. The molecule has 0 unspecified atom stereocenters. The molecule has 0 radical (unpaired) electrons. The van der Waals surface area contributed by atoms with Crippen LogP contribution in [0.15, 0.2) is 46.9 Å². The van der Waals surface area contributed by atoms with Crippen molar-refractivity contribution in [1.29, 1.82) is 0 Å². The van der Waals surface area contributed by atoms with Gasteiger partial charge in [0.1, 0.15) is 5.75 Å². The number of rotatable bonds is 3. The number of methoxy groups -OCH3 is 1. The van der Waals surface area contributed by atoms with Gasteiger partial charge in [-0.15, -0.1) is 0 Å². The number of carbonyl (C=O) groups is 2. The maximum Gasteiger partial charge on any atom is 0.269 e. The smallest absolute Gasteiger partial charge is 0.269 e. The van der Waals surface area contributed by atoms with Crippen LogP contribution in [-0.4, -0.2) is 24.0 Å². The van der Waals surface area contributed by atoms with E-state index in [-0.39, 0.29) is 11.0 Å². The zero-order valence-corrected chi connectivity index (χ0v) is 16.0. The molecule has 6 nitrogen and oxygen atoms in total. The molecule has 2 amide bonds. The highest BCUT2D eigenvalue weighted by molar-refractivity contribution is 9.10. The van der Waals surface area contributed by atoms with Crippen LogP contribution in [0.5, 0.6) is 5.75 Å². The van der Waals surface area contributed by atoms with Gasteiger partial charge in [-0.3, -0.25) is 25.8 Å². The molecule has 0 aliphatic carbocycles. The summed E-state index contributed by atoms with van der Waals surface area (Å²) in [5.41, 5.74) is 6.82. The van der Waals surface area contributed by atoms with Crippen molar-refractivity contribution in [3.63, 3.8) is 0 Å². The number of aryl methyl sites for hydroxylation is 1. The van der Waals surface area contributed by atoms with E-state index in [1.807, 2.05) is 13.0 Å². The number of ether oxygens (including phenoxy) is 1. The van der Waals surface area contributed by atoms with Gasteiger partial charge in [-0.1, -0.05) is 22.0 Å². The summed E-state index contributed by atoms with van der Waals surface area (Å²) < 4.78 is 5.86. The second-order valence-corrected chi connectivity index (χ2v) is 6.32. The first-order valence-corrected chi connectivity index (χ1v) is 8.42. The maximum absolute atomic E-state index is 12.1. The van der Waals surface area contributed by atoms with Crippen LogP contribution in [0.3, 0.4) is 0 Å². The van der Waals surface area contributed by atoms with E-state index in [0.29, 0.717) is 16.9 Å². The number of hydrogen-bond donors (Lipinski definition) is 3. The first kappa shape index (κ1) is 18.9. The Morgan fingerprint density at radius 2 is 1.64 bits per heavy atom. The molecule has 0 spiro atoms. The fraction of sp³-hybridized carbons (Fsp3) is 0.118. The summed E-state index contributed by atoms with van der Waals surface area (Å²) in [6.07, 6.45) is 0. The second kappa shape index (κ2) is 8.59. The summed E-state index contributed by atoms with van der Waals surface area (Å²) in [6, 6.07) is 11.8. The van der Waals surface area contributed by atoms with Crippen molar-refractivity contribution in [2.75, 3.05) is 7.11 Å².